The molecular formula is C25H37N3O. The van der Waals surface area contributed by atoms with Crippen molar-refractivity contribution in [2.75, 3.05) is 31.1 Å². The lowest BCUT2D eigenvalue weighted by Gasteiger charge is -2.44. The molecular weight excluding hydrogens is 358 g/mol. The first-order valence-corrected chi connectivity index (χ1v) is 12.0. The predicted octanol–water partition coefficient (Wildman–Crippen LogP) is 4.30. The fourth-order valence-electron chi connectivity index (χ4n) is 6.67. The molecule has 2 unspecified atom stereocenters. The highest BCUT2D eigenvalue weighted by atomic mass is 16.2. The molecule has 1 amide bonds. The summed E-state index contributed by atoms with van der Waals surface area (Å²) in [5.74, 6) is 1.07. The second-order valence-electron chi connectivity index (χ2n) is 10.1. The number of likely N-dealkylation sites (tertiary alicyclic amines) is 1. The van der Waals surface area contributed by atoms with Crippen LogP contribution in [0.3, 0.4) is 0 Å². The van der Waals surface area contributed by atoms with Crippen LogP contribution >= 0.6 is 0 Å². The zero-order chi connectivity index (χ0) is 19.8. The summed E-state index contributed by atoms with van der Waals surface area (Å²) >= 11 is 0. The molecule has 0 radical (unpaired) electrons. The molecule has 3 heterocycles. The molecule has 1 aliphatic carbocycles. The first-order chi connectivity index (χ1) is 14.2. The summed E-state index contributed by atoms with van der Waals surface area (Å²) in [6, 6.07) is 10.6. The van der Waals surface area contributed by atoms with Crippen LogP contribution in [0.1, 0.15) is 76.2 Å². The van der Waals surface area contributed by atoms with Gasteiger partial charge in [-0.15, -0.1) is 0 Å². The standard InChI is InChI=1S/C25H37N3O/c1-19-4-2-16-27(19)23-10-7-21(18-23)20-5-8-22(9-6-20)28-17-3-11-25(24(28)29)12-14-26-15-13-25/h5-6,8-9,19,21,23,26H,2-4,7,10-18H2,1H3/t19?,21-,23?/m0/s1. The van der Waals surface area contributed by atoms with Crippen molar-refractivity contribution >= 4 is 11.6 Å². The molecule has 0 aromatic heterocycles. The number of carbonyl (C=O) groups is 1. The van der Waals surface area contributed by atoms with E-state index in [4.69, 9.17) is 0 Å². The fourth-order valence-corrected chi connectivity index (χ4v) is 6.67. The number of anilines is 1. The van der Waals surface area contributed by atoms with E-state index in [9.17, 15) is 4.79 Å². The second-order valence-corrected chi connectivity index (χ2v) is 10.1. The van der Waals surface area contributed by atoms with Crippen LogP contribution in [0.5, 0.6) is 0 Å². The van der Waals surface area contributed by atoms with Gasteiger partial charge in [-0.25, -0.2) is 0 Å². The number of benzene rings is 1. The van der Waals surface area contributed by atoms with Gasteiger partial charge in [0, 0.05) is 24.3 Å². The van der Waals surface area contributed by atoms with Crippen molar-refractivity contribution in [3.8, 4) is 0 Å². The molecule has 158 valence electrons. The van der Waals surface area contributed by atoms with Crippen LogP contribution in [-0.4, -0.2) is 49.1 Å². The molecule has 1 aromatic rings. The minimum Gasteiger partial charge on any atom is -0.317 e. The number of piperidine rings is 2. The maximum absolute atomic E-state index is 13.4. The zero-order valence-electron chi connectivity index (χ0n) is 18.0. The van der Waals surface area contributed by atoms with E-state index in [2.05, 4.69) is 46.3 Å². The quantitative estimate of drug-likeness (QED) is 0.829. The van der Waals surface area contributed by atoms with E-state index in [1.807, 2.05) is 0 Å². The summed E-state index contributed by atoms with van der Waals surface area (Å²) < 4.78 is 0. The predicted molar refractivity (Wildman–Crippen MR) is 118 cm³/mol. The Morgan fingerprint density at radius 3 is 2.48 bits per heavy atom. The van der Waals surface area contributed by atoms with Crippen molar-refractivity contribution < 1.29 is 4.79 Å². The van der Waals surface area contributed by atoms with Gasteiger partial charge >= 0.3 is 0 Å². The van der Waals surface area contributed by atoms with Crippen LogP contribution in [0.15, 0.2) is 24.3 Å². The lowest BCUT2D eigenvalue weighted by molar-refractivity contribution is -0.132. The molecule has 3 saturated heterocycles. The number of hydrogen-bond acceptors (Lipinski definition) is 3. The van der Waals surface area contributed by atoms with E-state index in [1.54, 1.807) is 0 Å². The van der Waals surface area contributed by atoms with E-state index >= 15 is 0 Å². The summed E-state index contributed by atoms with van der Waals surface area (Å²) in [5, 5.41) is 3.42. The molecule has 1 N–H and O–H groups in total. The van der Waals surface area contributed by atoms with Gasteiger partial charge in [-0.05, 0) is 108 Å². The van der Waals surface area contributed by atoms with Crippen molar-refractivity contribution in [2.45, 2.75) is 82.7 Å². The normalized spacial score (nSPS) is 32.9. The third kappa shape index (κ3) is 3.63. The van der Waals surface area contributed by atoms with Crippen LogP contribution in [0, 0.1) is 5.41 Å². The van der Waals surface area contributed by atoms with Crippen molar-refractivity contribution in [3.63, 3.8) is 0 Å². The number of rotatable bonds is 3. The van der Waals surface area contributed by atoms with E-state index in [1.165, 1.54) is 44.2 Å². The fraction of sp³-hybridized carbons (Fsp3) is 0.720. The van der Waals surface area contributed by atoms with Gasteiger partial charge in [0.2, 0.25) is 5.91 Å². The van der Waals surface area contributed by atoms with Gasteiger partial charge in [-0.1, -0.05) is 12.1 Å². The average molecular weight is 396 g/mol. The number of nitrogens with one attached hydrogen (secondary N) is 1. The van der Waals surface area contributed by atoms with Gasteiger partial charge in [0.1, 0.15) is 0 Å². The Morgan fingerprint density at radius 2 is 1.76 bits per heavy atom. The second kappa shape index (κ2) is 8.03. The zero-order valence-corrected chi connectivity index (χ0v) is 18.0. The van der Waals surface area contributed by atoms with Crippen LogP contribution < -0.4 is 10.2 Å². The van der Waals surface area contributed by atoms with Crippen molar-refractivity contribution in [3.05, 3.63) is 29.8 Å². The third-order valence-corrected chi connectivity index (χ3v) is 8.45. The minimum atomic E-state index is -0.104. The first kappa shape index (κ1) is 19.6. The van der Waals surface area contributed by atoms with Gasteiger partial charge in [0.25, 0.3) is 0 Å². The molecule has 0 bridgehead atoms. The number of carbonyl (C=O) groups excluding carboxylic acids is 1. The summed E-state index contributed by atoms with van der Waals surface area (Å²) in [7, 11) is 0. The molecule has 4 heteroatoms. The van der Waals surface area contributed by atoms with E-state index in [0.29, 0.717) is 11.8 Å². The Labute approximate surface area is 176 Å². The number of nitrogens with zero attached hydrogens (tertiary/aromatic N) is 2. The molecule has 4 aliphatic rings. The molecule has 3 atom stereocenters. The maximum atomic E-state index is 13.4. The molecule has 5 rings (SSSR count). The topological polar surface area (TPSA) is 35.6 Å². The number of amides is 1. The van der Waals surface area contributed by atoms with E-state index in [-0.39, 0.29) is 5.41 Å². The largest absolute Gasteiger partial charge is 0.317 e. The first-order valence-electron chi connectivity index (χ1n) is 12.0. The molecule has 4 nitrogen and oxygen atoms in total. The Hall–Kier alpha value is -1.39. The minimum absolute atomic E-state index is 0.104. The number of hydrogen-bond donors (Lipinski definition) is 1. The lowest BCUT2D eigenvalue weighted by atomic mass is 9.72. The highest BCUT2D eigenvalue weighted by molar-refractivity contribution is 5.98. The van der Waals surface area contributed by atoms with Crippen LogP contribution in [0.4, 0.5) is 5.69 Å². The Morgan fingerprint density at radius 1 is 0.966 bits per heavy atom. The SMILES string of the molecule is CC1CCCN1C1CC[C@H](c2ccc(N3CCCC4(CCNCC4)C3=O)cc2)C1. The molecule has 1 spiro atoms. The van der Waals surface area contributed by atoms with Gasteiger partial charge in [-0.2, -0.15) is 0 Å². The van der Waals surface area contributed by atoms with Crippen molar-refractivity contribution in [1.29, 1.82) is 0 Å². The highest BCUT2D eigenvalue weighted by Gasteiger charge is 2.44. The molecule has 29 heavy (non-hydrogen) atoms. The van der Waals surface area contributed by atoms with Gasteiger partial charge in [-0.3, -0.25) is 9.69 Å². The van der Waals surface area contributed by atoms with Crippen molar-refractivity contribution in [1.82, 2.24) is 10.2 Å². The summed E-state index contributed by atoms with van der Waals surface area (Å²) in [4.78, 5) is 18.2. The summed E-state index contributed by atoms with van der Waals surface area (Å²) in [6.07, 6.45) is 10.9. The third-order valence-electron chi connectivity index (χ3n) is 8.45. The molecule has 4 fully saturated rings. The van der Waals surface area contributed by atoms with Gasteiger partial charge < -0.3 is 10.2 Å². The van der Waals surface area contributed by atoms with Gasteiger partial charge in [0.15, 0.2) is 0 Å². The maximum Gasteiger partial charge on any atom is 0.233 e. The average Bonchev–Trinajstić information content (AvgIpc) is 3.40. The van der Waals surface area contributed by atoms with Crippen LogP contribution in [-0.2, 0) is 4.79 Å². The van der Waals surface area contributed by atoms with Crippen LogP contribution in [0.25, 0.3) is 0 Å². The highest BCUT2D eigenvalue weighted by Crippen LogP contribution is 2.42. The smallest absolute Gasteiger partial charge is 0.233 e. The van der Waals surface area contributed by atoms with E-state index < -0.39 is 0 Å². The Kier molecular flexibility index (Phi) is 5.42. The summed E-state index contributed by atoms with van der Waals surface area (Å²) in [5.41, 5.74) is 2.48. The van der Waals surface area contributed by atoms with Crippen molar-refractivity contribution in [2.24, 2.45) is 5.41 Å². The molecule has 1 saturated carbocycles. The monoisotopic (exact) mass is 395 g/mol. The Balaban J connectivity index is 1.26. The summed E-state index contributed by atoms with van der Waals surface area (Å²) in [6.45, 7) is 6.55. The lowest BCUT2D eigenvalue weighted by Crippen LogP contribution is -2.53. The molecule has 1 aromatic carbocycles. The molecule has 3 aliphatic heterocycles. The van der Waals surface area contributed by atoms with Crippen LogP contribution in [0.2, 0.25) is 0 Å². The van der Waals surface area contributed by atoms with E-state index in [0.717, 1.165) is 63.1 Å². The Bertz CT molecular complexity index is 719. The van der Waals surface area contributed by atoms with Gasteiger partial charge in [0.05, 0.1) is 5.41 Å².